The molecular formula is C18H18N4O3. The van der Waals surface area contributed by atoms with Crippen molar-refractivity contribution in [3.63, 3.8) is 0 Å². The fraction of sp³-hybridized carbons (Fsp3) is 0.278. The number of carbonyl (C=O) groups is 1. The molecule has 2 aromatic heterocycles. The van der Waals surface area contributed by atoms with Gasteiger partial charge in [-0.1, -0.05) is 12.1 Å². The number of benzene rings is 1. The van der Waals surface area contributed by atoms with Crippen molar-refractivity contribution in [3.05, 3.63) is 52.4 Å². The normalized spacial score (nSPS) is 14.0. The average Bonchev–Trinajstić information content (AvgIpc) is 3.29. The molecule has 1 fully saturated rings. The van der Waals surface area contributed by atoms with Crippen molar-refractivity contribution in [2.75, 3.05) is 18.5 Å². The van der Waals surface area contributed by atoms with Crippen molar-refractivity contribution >= 4 is 17.3 Å². The predicted molar refractivity (Wildman–Crippen MR) is 94.2 cm³/mol. The van der Waals surface area contributed by atoms with Gasteiger partial charge in [-0.15, -0.1) is 0 Å². The summed E-state index contributed by atoms with van der Waals surface area (Å²) in [5.74, 6) is -0.323. The second kappa shape index (κ2) is 5.77. The van der Waals surface area contributed by atoms with E-state index in [-0.39, 0.29) is 16.8 Å². The molecule has 2 N–H and O–H groups in total. The van der Waals surface area contributed by atoms with Gasteiger partial charge in [0.25, 0.3) is 5.56 Å². The van der Waals surface area contributed by atoms with Crippen LogP contribution in [0.5, 0.6) is 0 Å². The number of nitrogens with one attached hydrogen (secondary N) is 1. The van der Waals surface area contributed by atoms with Crippen LogP contribution in [0.3, 0.4) is 0 Å². The fourth-order valence-electron chi connectivity index (χ4n) is 2.97. The molecule has 0 saturated heterocycles. The maximum Gasteiger partial charge on any atom is 0.341 e. The number of rotatable bonds is 5. The van der Waals surface area contributed by atoms with Crippen LogP contribution in [-0.2, 0) is 0 Å². The monoisotopic (exact) mass is 338 g/mol. The molecule has 4 rings (SSSR count). The standard InChI is InChI=1S/C18H18N4O3/c1-21(10-11-2-3-11)13-6-4-12(5-7-13)15-8-16(23)22-17(20-15)14(9-19-22)18(24)25/h4-9,11,19H,2-3,10H2,1H3,(H,24,25). The zero-order valence-electron chi connectivity index (χ0n) is 13.8. The van der Waals surface area contributed by atoms with E-state index in [9.17, 15) is 14.7 Å². The van der Waals surface area contributed by atoms with Crippen molar-refractivity contribution in [1.82, 2.24) is 14.6 Å². The summed E-state index contributed by atoms with van der Waals surface area (Å²) in [6.45, 7) is 1.05. The Bertz CT molecular complexity index is 999. The number of H-pyrrole nitrogens is 1. The first-order valence-electron chi connectivity index (χ1n) is 8.19. The Morgan fingerprint density at radius 1 is 1.36 bits per heavy atom. The number of aromatic carboxylic acids is 1. The van der Waals surface area contributed by atoms with Crippen LogP contribution in [0.1, 0.15) is 23.2 Å². The van der Waals surface area contributed by atoms with E-state index in [2.05, 4.69) is 22.0 Å². The van der Waals surface area contributed by atoms with Gasteiger partial charge in [-0.05, 0) is 30.9 Å². The Morgan fingerprint density at radius 2 is 2.08 bits per heavy atom. The lowest BCUT2D eigenvalue weighted by Crippen LogP contribution is -2.19. The highest BCUT2D eigenvalue weighted by atomic mass is 16.4. The van der Waals surface area contributed by atoms with Gasteiger partial charge in [0.1, 0.15) is 5.56 Å². The summed E-state index contributed by atoms with van der Waals surface area (Å²) in [6, 6.07) is 9.21. The van der Waals surface area contributed by atoms with Crippen LogP contribution in [0.15, 0.2) is 41.3 Å². The van der Waals surface area contributed by atoms with Gasteiger partial charge in [0.05, 0.1) is 5.69 Å². The van der Waals surface area contributed by atoms with E-state index in [4.69, 9.17) is 0 Å². The van der Waals surface area contributed by atoms with Crippen LogP contribution in [0.4, 0.5) is 5.69 Å². The quantitative estimate of drug-likeness (QED) is 0.744. The number of hydrogen-bond donors (Lipinski definition) is 2. The van der Waals surface area contributed by atoms with Crippen molar-refractivity contribution in [2.24, 2.45) is 5.92 Å². The van der Waals surface area contributed by atoms with Crippen molar-refractivity contribution in [3.8, 4) is 11.3 Å². The first-order valence-corrected chi connectivity index (χ1v) is 8.19. The lowest BCUT2D eigenvalue weighted by Gasteiger charge is -2.19. The van der Waals surface area contributed by atoms with Gasteiger partial charge in [0.15, 0.2) is 5.65 Å². The van der Waals surface area contributed by atoms with Gasteiger partial charge >= 0.3 is 5.97 Å². The van der Waals surface area contributed by atoms with Crippen LogP contribution in [0.25, 0.3) is 16.9 Å². The summed E-state index contributed by atoms with van der Waals surface area (Å²) in [5, 5.41) is 11.8. The average molecular weight is 338 g/mol. The van der Waals surface area contributed by atoms with E-state index < -0.39 is 5.97 Å². The summed E-state index contributed by atoms with van der Waals surface area (Å²) in [6.07, 6.45) is 3.88. The Balaban J connectivity index is 1.70. The van der Waals surface area contributed by atoms with E-state index in [1.54, 1.807) is 0 Å². The fourth-order valence-corrected chi connectivity index (χ4v) is 2.97. The maximum atomic E-state index is 12.2. The largest absolute Gasteiger partial charge is 0.477 e. The molecule has 0 amide bonds. The van der Waals surface area contributed by atoms with E-state index >= 15 is 0 Å². The molecule has 128 valence electrons. The second-order valence-electron chi connectivity index (χ2n) is 6.50. The SMILES string of the molecule is CN(CC1CC1)c1ccc(-c2cc(=O)n3[nH]cc(C(=O)O)c3n2)cc1. The summed E-state index contributed by atoms with van der Waals surface area (Å²) < 4.78 is 1.13. The highest BCUT2D eigenvalue weighted by molar-refractivity contribution is 5.94. The highest BCUT2D eigenvalue weighted by Crippen LogP contribution is 2.31. The predicted octanol–water partition coefficient (Wildman–Crippen LogP) is 2.23. The summed E-state index contributed by atoms with van der Waals surface area (Å²) in [7, 11) is 2.07. The molecular weight excluding hydrogens is 320 g/mol. The van der Waals surface area contributed by atoms with Crippen molar-refractivity contribution in [2.45, 2.75) is 12.8 Å². The number of hydrogen-bond acceptors (Lipinski definition) is 4. The molecule has 3 aromatic rings. The highest BCUT2D eigenvalue weighted by Gasteiger charge is 2.23. The topological polar surface area (TPSA) is 90.7 Å². The third-order valence-electron chi connectivity index (χ3n) is 4.56. The minimum atomic E-state index is -1.13. The van der Waals surface area contributed by atoms with Crippen LogP contribution >= 0.6 is 0 Å². The molecule has 0 spiro atoms. The molecule has 1 aliphatic rings. The number of fused-ring (bicyclic) bond motifs is 1. The van der Waals surface area contributed by atoms with E-state index in [1.165, 1.54) is 25.1 Å². The Morgan fingerprint density at radius 3 is 2.72 bits per heavy atom. The minimum Gasteiger partial charge on any atom is -0.477 e. The van der Waals surface area contributed by atoms with E-state index in [1.807, 2.05) is 24.3 Å². The summed E-state index contributed by atoms with van der Waals surface area (Å²) in [4.78, 5) is 30.1. The molecule has 7 heteroatoms. The van der Waals surface area contributed by atoms with Crippen LogP contribution in [0.2, 0.25) is 0 Å². The number of aromatic nitrogens is 3. The first-order chi connectivity index (χ1) is 12.0. The molecule has 0 aliphatic heterocycles. The summed E-state index contributed by atoms with van der Waals surface area (Å²) >= 11 is 0. The molecule has 1 aliphatic carbocycles. The lowest BCUT2D eigenvalue weighted by atomic mass is 10.1. The third-order valence-corrected chi connectivity index (χ3v) is 4.56. The molecule has 1 aromatic carbocycles. The number of anilines is 1. The van der Waals surface area contributed by atoms with Crippen molar-refractivity contribution in [1.29, 1.82) is 0 Å². The molecule has 2 heterocycles. The van der Waals surface area contributed by atoms with Crippen LogP contribution in [0, 0.1) is 5.92 Å². The second-order valence-corrected chi connectivity index (χ2v) is 6.50. The Kier molecular flexibility index (Phi) is 3.56. The first kappa shape index (κ1) is 15.4. The lowest BCUT2D eigenvalue weighted by molar-refractivity contribution is 0.0699. The Hall–Kier alpha value is -3.09. The zero-order valence-corrected chi connectivity index (χ0v) is 13.8. The molecule has 1 saturated carbocycles. The zero-order chi connectivity index (χ0) is 17.6. The van der Waals surface area contributed by atoms with Gasteiger partial charge in [0.2, 0.25) is 0 Å². The number of carboxylic acid groups (broad SMARTS) is 1. The maximum absolute atomic E-state index is 12.2. The third kappa shape index (κ3) is 2.88. The number of nitrogens with zero attached hydrogens (tertiary/aromatic N) is 3. The van der Waals surface area contributed by atoms with E-state index in [0.717, 1.165) is 28.2 Å². The van der Waals surface area contributed by atoms with Gasteiger partial charge in [-0.2, -0.15) is 0 Å². The molecule has 0 unspecified atom stereocenters. The van der Waals surface area contributed by atoms with E-state index in [0.29, 0.717) is 5.69 Å². The molecule has 0 atom stereocenters. The van der Waals surface area contributed by atoms with Crippen LogP contribution < -0.4 is 10.5 Å². The smallest absolute Gasteiger partial charge is 0.341 e. The molecule has 7 nitrogen and oxygen atoms in total. The van der Waals surface area contributed by atoms with Gasteiger partial charge in [0, 0.05) is 37.1 Å². The van der Waals surface area contributed by atoms with Gasteiger partial charge in [-0.3, -0.25) is 9.89 Å². The van der Waals surface area contributed by atoms with Crippen molar-refractivity contribution < 1.29 is 9.90 Å². The number of carboxylic acids is 1. The summed E-state index contributed by atoms with van der Waals surface area (Å²) in [5.41, 5.74) is 2.10. The number of aromatic amines is 1. The molecule has 0 bridgehead atoms. The molecule has 25 heavy (non-hydrogen) atoms. The van der Waals surface area contributed by atoms with Crippen LogP contribution in [-0.4, -0.2) is 39.3 Å². The Labute approximate surface area is 143 Å². The minimum absolute atomic E-state index is 0.0280. The van der Waals surface area contributed by atoms with Gasteiger partial charge < -0.3 is 10.0 Å². The van der Waals surface area contributed by atoms with Gasteiger partial charge in [-0.25, -0.2) is 14.3 Å². The molecule has 0 radical (unpaired) electrons.